The number of hydrogen-bond acceptors (Lipinski definition) is 4. The Balaban J connectivity index is 1.46. The van der Waals surface area contributed by atoms with Gasteiger partial charge in [-0.05, 0) is 24.5 Å². The summed E-state index contributed by atoms with van der Waals surface area (Å²) in [5, 5.41) is 3.53. The smallest absolute Gasteiger partial charge is 0.0778 e. The van der Waals surface area contributed by atoms with Gasteiger partial charge < -0.3 is 14.8 Å². The van der Waals surface area contributed by atoms with E-state index in [9.17, 15) is 0 Å². The summed E-state index contributed by atoms with van der Waals surface area (Å²) >= 11 is 0. The number of hydrogen-bond donors (Lipinski definition) is 1. The highest BCUT2D eigenvalue weighted by atomic mass is 16.5. The first kappa shape index (κ1) is 12.1. The summed E-state index contributed by atoms with van der Waals surface area (Å²) in [7, 11) is 0. The zero-order valence-electron chi connectivity index (χ0n) is 10.5. The molecule has 2 aliphatic rings. The van der Waals surface area contributed by atoms with Gasteiger partial charge in [0.1, 0.15) is 0 Å². The molecule has 1 aliphatic carbocycles. The molecule has 0 spiro atoms. The Morgan fingerprint density at radius 2 is 2.44 bits per heavy atom. The van der Waals surface area contributed by atoms with Crippen LogP contribution in [0, 0.1) is 5.92 Å². The molecule has 3 atom stereocenters. The Hall–Kier alpha value is -0.970. The first-order valence-electron chi connectivity index (χ1n) is 6.75. The Kier molecular flexibility index (Phi) is 3.88. The number of aromatic nitrogens is 1. The molecular weight excluding hydrogens is 228 g/mol. The Bertz CT molecular complexity index is 371. The minimum Gasteiger partial charge on any atom is -0.376 e. The number of nitrogens with zero attached hydrogens (tertiary/aromatic N) is 1. The van der Waals surface area contributed by atoms with Gasteiger partial charge in [0, 0.05) is 30.9 Å². The van der Waals surface area contributed by atoms with E-state index < -0.39 is 0 Å². The van der Waals surface area contributed by atoms with E-state index in [4.69, 9.17) is 9.47 Å². The Morgan fingerprint density at radius 3 is 3.33 bits per heavy atom. The summed E-state index contributed by atoms with van der Waals surface area (Å²) in [6.45, 7) is 3.26. The highest BCUT2D eigenvalue weighted by Crippen LogP contribution is 2.30. The second-order valence-electron chi connectivity index (χ2n) is 5.11. The molecule has 1 N–H and O–H groups in total. The minimum atomic E-state index is 0.354. The van der Waals surface area contributed by atoms with Gasteiger partial charge in [0.25, 0.3) is 0 Å². The van der Waals surface area contributed by atoms with Crippen molar-refractivity contribution in [2.75, 3.05) is 19.8 Å². The molecule has 0 bridgehead atoms. The van der Waals surface area contributed by atoms with E-state index in [2.05, 4.69) is 10.3 Å². The van der Waals surface area contributed by atoms with E-state index >= 15 is 0 Å². The van der Waals surface area contributed by atoms with Crippen LogP contribution in [0.2, 0.25) is 0 Å². The maximum absolute atomic E-state index is 5.86. The fourth-order valence-corrected chi connectivity index (χ4v) is 2.95. The predicted octanol–water partition coefficient (Wildman–Crippen LogP) is 1.37. The minimum absolute atomic E-state index is 0.354. The lowest BCUT2D eigenvalue weighted by molar-refractivity contribution is -0.0399. The number of morpholine rings is 1. The standard InChI is InChI=1S/C14H20N2O2/c1-2-11(8-15-5-1)9-17-10-12-3-4-13-14(12)18-7-6-16-13/h1-2,5,8,12-14,16H,3-4,6-7,9-10H2. The van der Waals surface area contributed by atoms with Crippen LogP contribution in [0.4, 0.5) is 0 Å². The lowest BCUT2D eigenvalue weighted by Gasteiger charge is -2.30. The monoisotopic (exact) mass is 248 g/mol. The fraction of sp³-hybridized carbons (Fsp3) is 0.643. The van der Waals surface area contributed by atoms with E-state index in [1.54, 1.807) is 6.20 Å². The van der Waals surface area contributed by atoms with Crippen LogP contribution in [0.1, 0.15) is 18.4 Å². The zero-order valence-corrected chi connectivity index (χ0v) is 10.5. The zero-order chi connectivity index (χ0) is 12.2. The summed E-state index contributed by atoms with van der Waals surface area (Å²) in [6.07, 6.45) is 6.41. The first-order chi connectivity index (χ1) is 8.93. The van der Waals surface area contributed by atoms with Gasteiger partial charge in [-0.25, -0.2) is 0 Å². The normalized spacial score (nSPS) is 31.2. The largest absolute Gasteiger partial charge is 0.376 e. The van der Waals surface area contributed by atoms with Crippen molar-refractivity contribution >= 4 is 0 Å². The number of ether oxygens (including phenoxy) is 2. The van der Waals surface area contributed by atoms with Crippen molar-refractivity contribution in [1.29, 1.82) is 0 Å². The van der Waals surface area contributed by atoms with E-state index in [-0.39, 0.29) is 0 Å². The maximum atomic E-state index is 5.86. The van der Waals surface area contributed by atoms with Crippen molar-refractivity contribution in [2.24, 2.45) is 5.92 Å². The molecule has 2 fully saturated rings. The van der Waals surface area contributed by atoms with E-state index in [1.807, 2.05) is 18.3 Å². The third kappa shape index (κ3) is 2.71. The molecule has 1 saturated carbocycles. The van der Waals surface area contributed by atoms with Crippen molar-refractivity contribution in [3.05, 3.63) is 30.1 Å². The highest BCUT2D eigenvalue weighted by molar-refractivity contribution is 5.06. The van der Waals surface area contributed by atoms with Crippen LogP contribution in [-0.2, 0) is 16.1 Å². The number of rotatable bonds is 4. The molecule has 2 heterocycles. The second kappa shape index (κ2) is 5.78. The van der Waals surface area contributed by atoms with Crippen molar-refractivity contribution in [3.8, 4) is 0 Å². The number of pyridine rings is 1. The van der Waals surface area contributed by atoms with Gasteiger partial charge in [-0.15, -0.1) is 0 Å². The molecule has 18 heavy (non-hydrogen) atoms. The Labute approximate surface area is 108 Å². The van der Waals surface area contributed by atoms with Crippen molar-refractivity contribution in [3.63, 3.8) is 0 Å². The average Bonchev–Trinajstić information content (AvgIpc) is 2.84. The van der Waals surface area contributed by atoms with E-state index in [0.717, 1.165) is 25.3 Å². The summed E-state index contributed by atoms with van der Waals surface area (Å²) in [6, 6.07) is 4.53. The molecule has 3 unspecified atom stereocenters. The molecule has 1 saturated heterocycles. The lowest BCUT2D eigenvalue weighted by Crippen LogP contribution is -2.47. The quantitative estimate of drug-likeness (QED) is 0.874. The summed E-state index contributed by atoms with van der Waals surface area (Å²) in [5.74, 6) is 0.541. The van der Waals surface area contributed by atoms with Crippen molar-refractivity contribution in [1.82, 2.24) is 10.3 Å². The molecule has 0 amide bonds. The molecule has 1 aromatic heterocycles. The van der Waals surface area contributed by atoms with Crippen LogP contribution in [0.15, 0.2) is 24.5 Å². The van der Waals surface area contributed by atoms with Crippen molar-refractivity contribution < 1.29 is 9.47 Å². The second-order valence-corrected chi connectivity index (χ2v) is 5.11. The molecule has 1 aliphatic heterocycles. The van der Waals surface area contributed by atoms with Crippen LogP contribution in [-0.4, -0.2) is 36.9 Å². The molecule has 0 aromatic carbocycles. The van der Waals surface area contributed by atoms with Crippen LogP contribution in [0.5, 0.6) is 0 Å². The predicted molar refractivity (Wildman–Crippen MR) is 68.1 cm³/mol. The molecular formula is C14H20N2O2. The van der Waals surface area contributed by atoms with Gasteiger partial charge in [-0.3, -0.25) is 4.98 Å². The van der Waals surface area contributed by atoms with E-state index in [0.29, 0.717) is 24.7 Å². The average molecular weight is 248 g/mol. The van der Waals surface area contributed by atoms with Gasteiger partial charge in [-0.2, -0.15) is 0 Å². The summed E-state index contributed by atoms with van der Waals surface area (Å²) in [4.78, 5) is 4.09. The summed E-state index contributed by atoms with van der Waals surface area (Å²) in [5.41, 5.74) is 1.13. The van der Waals surface area contributed by atoms with Crippen molar-refractivity contribution in [2.45, 2.75) is 31.6 Å². The molecule has 0 radical (unpaired) electrons. The first-order valence-corrected chi connectivity index (χ1v) is 6.75. The van der Waals surface area contributed by atoms with Gasteiger partial charge in [0.2, 0.25) is 0 Å². The molecule has 3 rings (SSSR count). The highest BCUT2D eigenvalue weighted by Gasteiger charge is 2.38. The van der Waals surface area contributed by atoms with Crippen LogP contribution < -0.4 is 5.32 Å². The van der Waals surface area contributed by atoms with Gasteiger partial charge in [0.15, 0.2) is 0 Å². The summed E-state index contributed by atoms with van der Waals surface area (Å²) < 4.78 is 11.7. The third-order valence-electron chi connectivity index (χ3n) is 3.85. The number of nitrogens with one attached hydrogen (secondary N) is 1. The molecule has 1 aromatic rings. The Morgan fingerprint density at radius 1 is 1.44 bits per heavy atom. The SMILES string of the molecule is c1cncc(COCC2CCC3NCCOC23)c1. The van der Waals surface area contributed by atoms with Gasteiger partial charge in [0.05, 0.1) is 25.9 Å². The lowest BCUT2D eigenvalue weighted by atomic mass is 10.1. The maximum Gasteiger partial charge on any atom is 0.0778 e. The molecule has 4 heteroatoms. The van der Waals surface area contributed by atoms with Crippen LogP contribution in [0.25, 0.3) is 0 Å². The topological polar surface area (TPSA) is 43.4 Å². The molecule has 4 nitrogen and oxygen atoms in total. The molecule has 98 valence electrons. The van der Waals surface area contributed by atoms with Gasteiger partial charge in [-0.1, -0.05) is 6.07 Å². The van der Waals surface area contributed by atoms with Crippen LogP contribution in [0.3, 0.4) is 0 Å². The van der Waals surface area contributed by atoms with E-state index in [1.165, 1.54) is 12.8 Å². The fourth-order valence-electron chi connectivity index (χ4n) is 2.95. The van der Waals surface area contributed by atoms with Crippen LogP contribution >= 0.6 is 0 Å². The number of fused-ring (bicyclic) bond motifs is 1. The van der Waals surface area contributed by atoms with Gasteiger partial charge >= 0.3 is 0 Å². The third-order valence-corrected chi connectivity index (χ3v) is 3.85.